The maximum atomic E-state index is 12.8. The van der Waals surface area contributed by atoms with E-state index in [1.807, 2.05) is 32.0 Å². The fourth-order valence-corrected chi connectivity index (χ4v) is 4.58. The zero-order valence-electron chi connectivity index (χ0n) is 14.8. The lowest BCUT2D eigenvalue weighted by molar-refractivity contribution is -0.223. The Labute approximate surface area is 154 Å². The molecule has 0 N–H and O–H groups in total. The van der Waals surface area contributed by atoms with Gasteiger partial charge in [-0.25, -0.2) is 4.79 Å². The number of benzene rings is 1. The van der Waals surface area contributed by atoms with Gasteiger partial charge in [0.05, 0.1) is 29.7 Å². The third-order valence-electron chi connectivity index (χ3n) is 5.64. The molecular weight excluding hydrogens is 352 g/mol. The van der Waals surface area contributed by atoms with E-state index in [9.17, 15) is 4.79 Å². The number of ether oxygens (including phenoxy) is 5. The Morgan fingerprint density at radius 1 is 1.07 bits per heavy atom. The number of hydrogen-bond donors (Lipinski definition) is 0. The molecule has 0 aliphatic carbocycles. The second-order valence-electron chi connectivity index (χ2n) is 7.76. The molecule has 27 heavy (non-hydrogen) atoms. The summed E-state index contributed by atoms with van der Waals surface area (Å²) in [6.07, 6.45) is 0.0927. The summed E-state index contributed by atoms with van der Waals surface area (Å²) < 4.78 is 35.4. The number of fused-ring (bicyclic) bond motifs is 9. The molecule has 140 valence electrons. The predicted molar refractivity (Wildman–Crippen MR) is 92.4 cm³/mol. The summed E-state index contributed by atoms with van der Waals surface area (Å²) in [5.41, 5.74) is 1.41. The second-order valence-corrected chi connectivity index (χ2v) is 7.76. The lowest BCUT2D eigenvalue weighted by atomic mass is 9.81. The van der Waals surface area contributed by atoms with E-state index >= 15 is 0 Å². The molecule has 4 aliphatic heterocycles. The van der Waals surface area contributed by atoms with Gasteiger partial charge in [0.2, 0.25) is 0 Å². The van der Waals surface area contributed by atoms with E-state index in [1.165, 1.54) is 0 Å². The molecule has 0 amide bonds. The van der Waals surface area contributed by atoms with Crippen molar-refractivity contribution in [3.8, 4) is 5.75 Å². The quantitative estimate of drug-likeness (QED) is 0.659. The summed E-state index contributed by atoms with van der Waals surface area (Å²) in [4.78, 5) is 12.8. The Bertz CT molecular complexity index is 1040. The van der Waals surface area contributed by atoms with Gasteiger partial charge in [-0.15, -0.1) is 0 Å². The Kier molecular flexibility index (Phi) is 3.05. The third-order valence-corrected chi connectivity index (χ3v) is 5.64. The van der Waals surface area contributed by atoms with Crippen LogP contribution >= 0.6 is 0 Å². The third kappa shape index (κ3) is 2.14. The Morgan fingerprint density at radius 2 is 1.93 bits per heavy atom. The van der Waals surface area contributed by atoms with Gasteiger partial charge in [0.15, 0.2) is 12.1 Å². The van der Waals surface area contributed by atoms with Crippen molar-refractivity contribution in [1.29, 1.82) is 0 Å². The van der Waals surface area contributed by atoms with Crippen LogP contribution in [0.5, 0.6) is 5.75 Å². The van der Waals surface area contributed by atoms with Crippen molar-refractivity contribution in [3.05, 3.63) is 52.1 Å². The van der Waals surface area contributed by atoms with Crippen LogP contribution in [0.25, 0.3) is 11.0 Å². The molecule has 7 nitrogen and oxygen atoms in total. The van der Waals surface area contributed by atoms with E-state index < -0.39 is 23.8 Å². The van der Waals surface area contributed by atoms with E-state index in [2.05, 4.69) is 0 Å². The summed E-state index contributed by atoms with van der Waals surface area (Å²) >= 11 is 0. The van der Waals surface area contributed by atoms with Crippen LogP contribution in [0, 0.1) is 0 Å². The standard InChI is InChI=1S/C20H18O7/c1-20(2)26-17-16-15(25-19(17)27-20)12-9(8-23-16)7-22-14-10-5-3-4-6-11(10)24-18(21)13(12)14/h3-7,12,15-17,19H,8H2,1-2H3/t12-,15-,16+,17-,19-/m1/s1. The molecule has 0 unspecified atom stereocenters. The zero-order valence-corrected chi connectivity index (χ0v) is 14.8. The topological polar surface area (TPSA) is 76.4 Å². The lowest BCUT2D eigenvalue weighted by Crippen LogP contribution is -2.46. The molecule has 0 bridgehead atoms. The Morgan fingerprint density at radius 3 is 2.81 bits per heavy atom. The molecule has 5 heterocycles. The van der Waals surface area contributed by atoms with E-state index in [0.717, 1.165) is 11.0 Å². The molecule has 0 saturated carbocycles. The van der Waals surface area contributed by atoms with Crippen LogP contribution in [0.2, 0.25) is 0 Å². The van der Waals surface area contributed by atoms with E-state index in [4.69, 9.17) is 28.1 Å². The molecule has 1 aromatic carbocycles. The van der Waals surface area contributed by atoms with Crippen LogP contribution in [0.15, 0.2) is 45.3 Å². The van der Waals surface area contributed by atoms with Crippen molar-refractivity contribution in [2.45, 2.75) is 50.2 Å². The first-order valence-electron chi connectivity index (χ1n) is 9.06. The molecule has 7 heteroatoms. The van der Waals surface area contributed by atoms with Gasteiger partial charge in [0.1, 0.15) is 29.6 Å². The van der Waals surface area contributed by atoms with Crippen molar-refractivity contribution < 1.29 is 28.1 Å². The Balaban J connectivity index is 1.48. The van der Waals surface area contributed by atoms with Crippen molar-refractivity contribution in [3.63, 3.8) is 0 Å². The van der Waals surface area contributed by atoms with Gasteiger partial charge >= 0.3 is 5.63 Å². The van der Waals surface area contributed by atoms with Crippen molar-refractivity contribution in [2.75, 3.05) is 6.61 Å². The first-order valence-corrected chi connectivity index (χ1v) is 9.06. The van der Waals surface area contributed by atoms with Crippen LogP contribution in [0.1, 0.15) is 25.3 Å². The van der Waals surface area contributed by atoms with Gasteiger partial charge in [-0.2, -0.15) is 0 Å². The summed E-state index contributed by atoms with van der Waals surface area (Å²) in [5, 5.41) is 0.761. The number of rotatable bonds is 0. The van der Waals surface area contributed by atoms with Crippen LogP contribution in [0.3, 0.4) is 0 Å². The van der Waals surface area contributed by atoms with E-state index in [1.54, 1.807) is 12.3 Å². The molecule has 2 aromatic rings. The molecule has 6 rings (SSSR count). The smallest absolute Gasteiger partial charge is 0.343 e. The molecule has 4 aliphatic rings. The van der Waals surface area contributed by atoms with Crippen molar-refractivity contribution in [2.24, 2.45) is 0 Å². The van der Waals surface area contributed by atoms with E-state index in [0.29, 0.717) is 23.5 Å². The van der Waals surface area contributed by atoms with Crippen LogP contribution in [-0.2, 0) is 18.9 Å². The highest BCUT2D eigenvalue weighted by Crippen LogP contribution is 2.50. The monoisotopic (exact) mass is 370 g/mol. The van der Waals surface area contributed by atoms with Crippen molar-refractivity contribution >= 4 is 11.0 Å². The van der Waals surface area contributed by atoms with Gasteiger partial charge in [-0.1, -0.05) is 12.1 Å². The summed E-state index contributed by atoms with van der Waals surface area (Å²) in [6.45, 7) is 4.04. The summed E-state index contributed by atoms with van der Waals surface area (Å²) in [6, 6.07) is 7.35. The molecule has 5 atom stereocenters. The van der Waals surface area contributed by atoms with Gasteiger partial charge < -0.3 is 28.1 Å². The lowest BCUT2D eigenvalue weighted by Gasteiger charge is -2.38. The number of hydrogen-bond acceptors (Lipinski definition) is 7. The van der Waals surface area contributed by atoms with Crippen molar-refractivity contribution in [1.82, 2.24) is 0 Å². The molecule has 0 spiro atoms. The number of para-hydroxylation sites is 1. The summed E-state index contributed by atoms with van der Waals surface area (Å²) in [7, 11) is 0. The Hall–Kier alpha value is -2.19. The van der Waals surface area contributed by atoms with Gasteiger partial charge in [0.25, 0.3) is 0 Å². The normalized spacial score (nSPS) is 35.6. The fraction of sp³-hybridized carbons (Fsp3) is 0.450. The van der Waals surface area contributed by atoms with Crippen LogP contribution in [0.4, 0.5) is 0 Å². The molecular formula is C20H18O7. The summed E-state index contributed by atoms with van der Waals surface area (Å²) in [5.74, 6) is -0.504. The van der Waals surface area contributed by atoms with Gasteiger partial charge in [-0.3, -0.25) is 0 Å². The van der Waals surface area contributed by atoms with E-state index in [-0.39, 0.29) is 18.1 Å². The van der Waals surface area contributed by atoms with Gasteiger partial charge in [0, 0.05) is 5.57 Å². The van der Waals surface area contributed by atoms with Crippen LogP contribution < -0.4 is 10.4 Å². The molecule has 1 aromatic heterocycles. The minimum absolute atomic E-state index is 0.311. The average molecular weight is 370 g/mol. The predicted octanol–water partition coefficient (Wildman–Crippen LogP) is 2.43. The fourth-order valence-electron chi connectivity index (χ4n) is 4.58. The molecule has 3 fully saturated rings. The zero-order chi connectivity index (χ0) is 18.3. The highest BCUT2D eigenvalue weighted by molar-refractivity contribution is 5.85. The molecule has 0 radical (unpaired) electrons. The maximum Gasteiger partial charge on any atom is 0.343 e. The molecule has 3 saturated heterocycles. The second kappa shape index (κ2) is 5.20. The van der Waals surface area contributed by atoms with Gasteiger partial charge in [-0.05, 0) is 26.0 Å². The maximum absolute atomic E-state index is 12.8. The first kappa shape index (κ1) is 15.8. The highest BCUT2D eigenvalue weighted by Gasteiger charge is 2.60. The minimum Gasteiger partial charge on any atom is -0.464 e. The highest BCUT2D eigenvalue weighted by atomic mass is 16.8. The van der Waals surface area contributed by atoms with Crippen LogP contribution in [-0.4, -0.2) is 37.0 Å². The SMILES string of the molecule is CC1(C)O[C@H]2O[C@H]3[C@H](OCC4=COc5c(c(=O)oc6ccccc56)[C@@H]43)[C@H]2O1. The average Bonchev–Trinajstić information content (AvgIpc) is 3.12. The minimum atomic E-state index is -0.720. The first-order chi connectivity index (χ1) is 13.0. The largest absolute Gasteiger partial charge is 0.464 e.